The molecule has 5 nitrogen and oxygen atoms in total. The van der Waals surface area contributed by atoms with E-state index in [9.17, 15) is 14.4 Å². The van der Waals surface area contributed by atoms with Crippen LogP contribution in [0.2, 0.25) is 0 Å². The van der Waals surface area contributed by atoms with Gasteiger partial charge in [0.05, 0.1) is 12.6 Å². The molecule has 0 fully saturated rings. The van der Waals surface area contributed by atoms with Crippen LogP contribution in [0.25, 0.3) is 0 Å². The van der Waals surface area contributed by atoms with E-state index in [4.69, 9.17) is 0 Å². The molecule has 0 amide bonds. The van der Waals surface area contributed by atoms with Crippen LogP contribution in [0.4, 0.5) is 0 Å². The van der Waals surface area contributed by atoms with Gasteiger partial charge in [-0.2, -0.15) is 0 Å². The molecule has 0 heterocycles. The molecule has 0 rings (SSSR count). The van der Waals surface area contributed by atoms with Crippen molar-refractivity contribution in [1.82, 2.24) is 9.80 Å². The van der Waals surface area contributed by atoms with Crippen molar-refractivity contribution >= 4 is 18.4 Å². The Labute approximate surface area is 128 Å². The highest BCUT2D eigenvalue weighted by atomic mass is 16.1. The van der Waals surface area contributed by atoms with Crippen LogP contribution in [0.5, 0.6) is 0 Å². The Morgan fingerprint density at radius 2 is 1.71 bits per heavy atom. The summed E-state index contributed by atoms with van der Waals surface area (Å²) in [4.78, 5) is 37.3. The highest BCUT2D eigenvalue weighted by Gasteiger charge is 2.18. The second-order valence-electron chi connectivity index (χ2n) is 5.45. The molecule has 0 aromatic carbocycles. The van der Waals surface area contributed by atoms with Gasteiger partial charge in [-0.05, 0) is 39.3 Å². The predicted octanol–water partition coefficient (Wildman–Crippen LogP) is 1.55. The first-order valence-electron chi connectivity index (χ1n) is 7.93. The Kier molecular flexibility index (Phi) is 12.0. The number of nitrogens with zero attached hydrogens (tertiary/aromatic N) is 2. The summed E-state index contributed by atoms with van der Waals surface area (Å²) in [7, 11) is 0. The zero-order chi connectivity index (χ0) is 16.1. The van der Waals surface area contributed by atoms with Crippen molar-refractivity contribution in [3.8, 4) is 0 Å². The second kappa shape index (κ2) is 12.7. The molecule has 21 heavy (non-hydrogen) atoms. The maximum absolute atomic E-state index is 11.3. The molecule has 0 aromatic rings. The number of aldehydes is 2. The van der Waals surface area contributed by atoms with Gasteiger partial charge in [-0.25, -0.2) is 0 Å². The topological polar surface area (TPSA) is 57.7 Å². The van der Waals surface area contributed by atoms with E-state index in [0.29, 0.717) is 19.4 Å². The van der Waals surface area contributed by atoms with Crippen LogP contribution in [-0.4, -0.2) is 66.9 Å². The molecular formula is C16H30N2O3. The van der Waals surface area contributed by atoms with Gasteiger partial charge in [-0.3, -0.25) is 9.80 Å². The number of rotatable bonds is 14. The van der Waals surface area contributed by atoms with Crippen molar-refractivity contribution in [2.75, 3.05) is 32.7 Å². The van der Waals surface area contributed by atoms with Crippen LogP contribution in [0, 0.1) is 0 Å². The first-order valence-corrected chi connectivity index (χ1v) is 7.93. The van der Waals surface area contributed by atoms with Crippen LogP contribution in [0.15, 0.2) is 0 Å². The van der Waals surface area contributed by atoms with Crippen molar-refractivity contribution in [1.29, 1.82) is 0 Å². The highest BCUT2D eigenvalue weighted by molar-refractivity contribution is 5.76. The lowest BCUT2D eigenvalue weighted by atomic mass is 10.1. The molecule has 0 spiro atoms. The number of Topliss-reactive ketones (excluding diaryl/α,β-unsaturated/α-hetero) is 1. The number of hydrogen-bond acceptors (Lipinski definition) is 5. The van der Waals surface area contributed by atoms with E-state index in [0.717, 1.165) is 51.6 Å². The van der Waals surface area contributed by atoms with Gasteiger partial charge >= 0.3 is 0 Å². The summed E-state index contributed by atoms with van der Waals surface area (Å²) in [5.41, 5.74) is 0. The zero-order valence-corrected chi connectivity index (χ0v) is 13.7. The Bertz CT molecular complexity index is 308. The fraction of sp³-hybridized carbons (Fsp3) is 0.812. The van der Waals surface area contributed by atoms with Gasteiger partial charge in [0.25, 0.3) is 0 Å². The molecular weight excluding hydrogens is 268 g/mol. The second-order valence-corrected chi connectivity index (χ2v) is 5.45. The standard InChI is InChI=1S/C16H30N2O3/c1-4-8-17(12-13-19)10-11-18(9-5-2)16(14-20)7-6-15(3)21/h13-14,16H,4-12H2,1-3H3. The lowest BCUT2D eigenvalue weighted by Gasteiger charge is -2.30. The monoisotopic (exact) mass is 298 g/mol. The normalized spacial score (nSPS) is 12.6. The lowest BCUT2D eigenvalue weighted by Crippen LogP contribution is -2.43. The van der Waals surface area contributed by atoms with Gasteiger partial charge in [0.15, 0.2) is 0 Å². The highest BCUT2D eigenvalue weighted by Crippen LogP contribution is 2.07. The van der Waals surface area contributed by atoms with E-state index < -0.39 is 0 Å². The van der Waals surface area contributed by atoms with Gasteiger partial charge in [0.2, 0.25) is 0 Å². The summed E-state index contributed by atoms with van der Waals surface area (Å²) in [6.07, 6.45) is 4.86. The third kappa shape index (κ3) is 9.47. The fourth-order valence-electron chi connectivity index (χ4n) is 2.40. The Hall–Kier alpha value is -1.07. The fourth-order valence-corrected chi connectivity index (χ4v) is 2.40. The summed E-state index contributed by atoms with van der Waals surface area (Å²) in [6, 6.07) is -0.200. The SMILES string of the molecule is CCCN(CC=O)CCN(CCC)C(C=O)CCC(C)=O. The molecule has 0 saturated heterocycles. The number of hydrogen-bond donors (Lipinski definition) is 0. The van der Waals surface area contributed by atoms with E-state index in [2.05, 4.69) is 23.6 Å². The van der Waals surface area contributed by atoms with E-state index in [1.54, 1.807) is 6.92 Å². The number of carbonyl (C=O) groups is 3. The minimum atomic E-state index is -0.200. The summed E-state index contributed by atoms with van der Waals surface area (Å²) >= 11 is 0. The minimum absolute atomic E-state index is 0.117. The third-order valence-electron chi connectivity index (χ3n) is 3.51. The Balaban J connectivity index is 4.50. The molecule has 0 N–H and O–H groups in total. The number of ketones is 1. The Morgan fingerprint density at radius 1 is 1.05 bits per heavy atom. The van der Waals surface area contributed by atoms with Crippen molar-refractivity contribution in [2.24, 2.45) is 0 Å². The maximum atomic E-state index is 11.3. The van der Waals surface area contributed by atoms with E-state index >= 15 is 0 Å². The molecule has 0 radical (unpaired) electrons. The van der Waals surface area contributed by atoms with Gasteiger partial charge < -0.3 is 14.4 Å². The summed E-state index contributed by atoms with van der Waals surface area (Å²) in [5, 5.41) is 0. The first kappa shape index (κ1) is 19.9. The van der Waals surface area contributed by atoms with Crippen LogP contribution in [0.1, 0.15) is 46.5 Å². The number of carbonyl (C=O) groups excluding carboxylic acids is 3. The predicted molar refractivity (Wildman–Crippen MR) is 84.4 cm³/mol. The molecule has 0 aliphatic heterocycles. The van der Waals surface area contributed by atoms with E-state index in [1.807, 2.05) is 0 Å². The summed E-state index contributed by atoms with van der Waals surface area (Å²) < 4.78 is 0. The van der Waals surface area contributed by atoms with Gasteiger partial charge in [-0.1, -0.05) is 13.8 Å². The average Bonchev–Trinajstić information content (AvgIpc) is 2.45. The average molecular weight is 298 g/mol. The molecule has 0 saturated carbocycles. The smallest absolute Gasteiger partial charge is 0.137 e. The minimum Gasteiger partial charge on any atom is -0.302 e. The Morgan fingerprint density at radius 3 is 2.19 bits per heavy atom. The molecule has 1 unspecified atom stereocenters. The molecule has 0 aromatic heterocycles. The first-order chi connectivity index (χ1) is 10.1. The van der Waals surface area contributed by atoms with E-state index in [-0.39, 0.29) is 11.8 Å². The quantitative estimate of drug-likeness (QED) is 0.455. The zero-order valence-electron chi connectivity index (χ0n) is 13.7. The third-order valence-corrected chi connectivity index (χ3v) is 3.51. The van der Waals surface area contributed by atoms with E-state index in [1.165, 1.54) is 0 Å². The van der Waals surface area contributed by atoms with Gasteiger partial charge in [-0.15, -0.1) is 0 Å². The maximum Gasteiger partial charge on any atom is 0.137 e. The van der Waals surface area contributed by atoms with Crippen LogP contribution < -0.4 is 0 Å². The van der Waals surface area contributed by atoms with Crippen LogP contribution in [-0.2, 0) is 14.4 Å². The molecule has 1 atom stereocenters. The van der Waals surface area contributed by atoms with Crippen LogP contribution in [0.3, 0.4) is 0 Å². The van der Waals surface area contributed by atoms with Gasteiger partial charge in [0, 0.05) is 19.5 Å². The largest absolute Gasteiger partial charge is 0.302 e. The van der Waals surface area contributed by atoms with Crippen molar-refractivity contribution in [3.05, 3.63) is 0 Å². The molecule has 122 valence electrons. The van der Waals surface area contributed by atoms with Crippen molar-refractivity contribution < 1.29 is 14.4 Å². The molecule has 5 heteroatoms. The summed E-state index contributed by atoms with van der Waals surface area (Å²) in [6.45, 7) is 9.41. The lowest BCUT2D eigenvalue weighted by molar-refractivity contribution is -0.118. The van der Waals surface area contributed by atoms with Crippen molar-refractivity contribution in [3.63, 3.8) is 0 Å². The molecule has 0 aliphatic rings. The summed E-state index contributed by atoms with van der Waals surface area (Å²) in [5.74, 6) is 0.117. The van der Waals surface area contributed by atoms with Gasteiger partial charge in [0.1, 0.15) is 18.4 Å². The molecule has 0 bridgehead atoms. The van der Waals surface area contributed by atoms with Crippen LogP contribution >= 0.6 is 0 Å². The molecule has 0 aliphatic carbocycles. The van der Waals surface area contributed by atoms with Crippen molar-refractivity contribution in [2.45, 2.75) is 52.5 Å².